The number of rotatable bonds is 6. The third-order valence-corrected chi connectivity index (χ3v) is 5.18. The summed E-state index contributed by atoms with van der Waals surface area (Å²) in [6, 6.07) is 0.670. The number of nitrogens with one attached hydrogen (secondary N) is 1. The molecule has 0 aliphatic heterocycles. The molecular formula is C12H18F3N3O3S. The van der Waals surface area contributed by atoms with Crippen molar-refractivity contribution in [3.63, 3.8) is 0 Å². The highest BCUT2D eigenvalue weighted by Crippen LogP contribution is 2.41. The number of carbonyl (C=O) groups is 1. The number of alkyl halides is 3. The minimum absolute atomic E-state index is 0.433. The molecule has 0 spiro atoms. The summed E-state index contributed by atoms with van der Waals surface area (Å²) in [5.74, 6) is -1.56. The molecule has 1 aliphatic rings. The van der Waals surface area contributed by atoms with Gasteiger partial charge in [0, 0.05) is 0 Å². The van der Waals surface area contributed by atoms with Crippen LogP contribution in [0.4, 0.5) is 13.2 Å². The molecule has 126 valence electrons. The summed E-state index contributed by atoms with van der Waals surface area (Å²) in [7, 11) is -2.99. The Labute approximate surface area is 127 Å². The molecule has 0 aromatic rings. The lowest BCUT2D eigenvalue weighted by Gasteiger charge is -2.34. The zero-order valence-electron chi connectivity index (χ0n) is 12.3. The first-order valence-corrected chi connectivity index (χ1v) is 8.27. The van der Waals surface area contributed by atoms with Crippen LogP contribution in [0.3, 0.4) is 0 Å². The molecule has 1 rings (SSSR count). The van der Waals surface area contributed by atoms with Crippen molar-refractivity contribution in [2.75, 3.05) is 19.3 Å². The molecule has 0 heterocycles. The largest absolute Gasteiger partial charge is 0.401 e. The van der Waals surface area contributed by atoms with E-state index in [1.807, 2.05) is 6.07 Å². The zero-order valence-corrected chi connectivity index (χ0v) is 13.1. The first kappa shape index (κ1) is 18.7. The van der Waals surface area contributed by atoms with E-state index in [-0.39, 0.29) is 0 Å². The summed E-state index contributed by atoms with van der Waals surface area (Å²) in [4.78, 5) is 12.5. The number of carbonyl (C=O) groups excluding carboxylic acids is 1. The van der Waals surface area contributed by atoms with E-state index in [1.54, 1.807) is 4.72 Å². The van der Waals surface area contributed by atoms with Gasteiger partial charge in [0.25, 0.3) is 0 Å². The van der Waals surface area contributed by atoms with Crippen LogP contribution in [-0.4, -0.2) is 50.8 Å². The van der Waals surface area contributed by atoms with Crippen molar-refractivity contribution in [1.29, 1.82) is 5.26 Å². The topological polar surface area (TPSA) is 90.3 Å². The van der Waals surface area contributed by atoms with E-state index in [4.69, 9.17) is 5.26 Å². The SMILES string of the molecule is CC(C(=O)NS(=O)(=O)CC1(C#N)CCC1)N(C)CC(F)(F)F. The summed E-state index contributed by atoms with van der Waals surface area (Å²) < 4.78 is 62.3. The van der Waals surface area contributed by atoms with E-state index in [1.165, 1.54) is 6.92 Å². The monoisotopic (exact) mass is 341 g/mol. The van der Waals surface area contributed by atoms with E-state index in [0.29, 0.717) is 17.7 Å². The second-order valence-electron chi connectivity index (χ2n) is 5.68. The minimum atomic E-state index is -4.49. The zero-order chi connectivity index (χ0) is 17.2. The van der Waals surface area contributed by atoms with Gasteiger partial charge in [-0.15, -0.1) is 0 Å². The van der Waals surface area contributed by atoms with E-state index >= 15 is 0 Å². The standard InChI is InChI=1S/C12H18F3N3O3S/c1-9(18(2)7-12(13,14)15)10(19)17-22(20,21)8-11(6-16)4-3-5-11/h9H,3-5,7-8H2,1-2H3,(H,17,19). The summed E-state index contributed by atoms with van der Waals surface area (Å²) in [6.07, 6.45) is -2.88. The highest BCUT2D eigenvalue weighted by atomic mass is 32.2. The number of hydrogen-bond acceptors (Lipinski definition) is 5. The van der Waals surface area contributed by atoms with Crippen LogP contribution in [0.1, 0.15) is 26.2 Å². The molecule has 0 saturated heterocycles. The van der Waals surface area contributed by atoms with Crippen LogP contribution in [0.5, 0.6) is 0 Å². The molecule has 22 heavy (non-hydrogen) atoms. The van der Waals surface area contributed by atoms with Gasteiger partial charge in [0.1, 0.15) is 0 Å². The first-order valence-electron chi connectivity index (χ1n) is 6.62. The fraction of sp³-hybridized carbons (Fsp3) is 0.833. The summed E-state index contributed by atoms with van der Waals surface area (Å²) >= 11 is 0. The van der Waals surface area contributed by atoms with Crippen molar-refractivity contribution in [1.82, 2.24) is 9.62 Å². The fourth-order valence-corrected chi connectivity index (χ4v) is 3.78. The van der Waals surface area contributed by atoms with Crippen molar-refractivity contribution in [2.45, 2.75) is 38.4 Å². The molecule has 0 radical (unpaired) electrons. The average molecular weight is 341 g/mol. The molecule has 1 atom stereocenters. The lowest BCUT2D eigenvalue weighted by molar-refractivity contribution is -0.150. The smallest absolute Gasteiger partial charge is 0.287 e. The highest BCUT2D eigenvalue weighted by Gasteiger charge is 2.42. The van der Waals surface area contributed by atoms with Crippen molar-refractivity contribution in [3.8, 4) is 6.07 Å². The summed E-state index contributed by atoms with van der Waals surface area (Å²) in [5.41, 5.74) is -0.993. The van der Waals surface area contributed by atoms with E-state index in [2.05, 4.69) is 0 Å². The lowest BCUT2D eigenvalue weighted by Crippen LogP contribution is -2.50. The number of hydrogen-bond donors (Lipinski definition) is 1. The van der Waals surface area contributed by atoms with Gasteiger partial charge >= 0.3 is 6.18 Å². The van der Waals surface area contributed by atoms with Crippen LogP contribution in [0.15, 0.2) is 0 Å². The van der Waals surface area contributed by atoms with Crippen LogP contribution in [-0.2, 0) is 14.8 Å². The van der Waals surface area contributed by atoms with Gasteiger partial charge in [0.15, 0.2) is 0 Å². The summed E-state index contributed by atoms with van der Waals surface area (Å²) in [6.45, 7) is -0.149. The fourth-order valence-electron chi connectivity index (χ4n) is 2.15. The Hall–Kier alpha value is -1.34. The number of likely N-dealkylation sites (N-methyl/N-ethyl adjacent to an activating group) is 1. The second-order valence-corrected chi connectivity index (χ2v) is 7.40. The molecule has 1 saturated carbocycles. The van der Waals surface area contributed by atoms with Crippen molar-refractivity contribution in [2.24, 2.45) is 5.41 Å². The van der Waals surface area contributed by atoms with Crippen molar-refractivity contribution in [3.05, 3.63) is 0 Å². The molecule has 1 fully saturated rings. The highest BCUT2D eigenvalue weighted by molar-refractivity contribution is 7.90. The van der Waals surface area contributed by atoms with Gasteiger partial charge in [-0.25, -0.2) is 8.42 Å². The molecule has 10 heteroatoms. The molecule has 1 unspecified atom stereocenters. The Morgan fingerprint density at radius 3 is 2.36 bits per heavy atom. The van der Waals surface area contributed by atoms with Crippen molar-refractivity contribution < 1.29 is 26.4 Å². The number of nitriles is 1. The Morgan fingerprint density at radius 1 is 1.45 bits per heavy atom. The van der Waals surface area contributed by atoms with Gasteiger partial charge in [-0.1, -0.05) is 6.42 Å². The normalized spacial score (nSPS) is 19.1. The van der Waals surface area contributed by atoms with Crippen molar-refractivity contribution >= 4 is 15.9 Å². The van der Waals surface area contributed by atoms with Crippen LogP contribution in [0, 0.1) is 16.7 Å². The minimum Gasteiger partial charge on any atom is -0.287 e. The van der Waals surface area contributed by atoms with E-state index in [9.17, 15) is 26.4 Å². The molecular weight excluding hydrogens is 323 g/mol. The number of amides is 1. The molecule has 1 amide bonds. The molecule has 6 nitrogen and oxygen atoms in total. The van der Waals surface area contributed by atoms with Gasteiger partial charge in [0.2, 0.25) is 15.9 Å². The van der Waals surface area contributed by atoms with Crippen LogP contribution >= 0.6 is 0 Å². The molecule has 0 bridgehead atoms. The maximum absolute atomic E-state index is 12.3. The molecule has 0 aromatic heterocycles. The Morgan fingerprint density at radius 2 is 2.00 bits per heavy atom. The molecule has 1 aliphatic carbocycles. The molecule has 1 N–H and O–H groups in total. The number of nitrogens with zero attached hydrogens (tertiary/aromatic N) is 2. The third kappa shape index (κ3) is 5.14. The van der Waals surface area contributed by atoms with Gasteiger partial charge in [-0.3, -0.25) is 14.4 Å². The quantitative estimate of drug-likeness (QED) is 0.779. The van der Waals surface area contributed by atoms with Crippen LogP contribution in [0.2, 0.25) is 0 Å². The van der Waals surface area contributed by atoms with Gasteiger partial charge in [0.05, 0.1) is 29.8 Å². The average Bonchev–Trinajstić information content (AvgIpc) is 2.30. The van der Waals surface area contributed by atoms with Gasteiger partial charge < -0.3 is 0 Å². The number of sulfonamides is 1. The maximum atomic E-state index is 12.3. The van der Waals surface area contributed by atoms with E-state index < -0.39 is 45.9 Å². The Bertz CT molecular complexity index is 564. The lowest BCUT2D eigenvalue weighted by atomic mass is 9.72. The van der Waals surface area contributed by atoms with Crippen LogP contribution < -0.4 is 4.72 Å². The Balaban J connectivity index is 2.65. The summed E-state index contributed by atoms with van der Waals surface area (Å²) in [5, 5.41) is 9.00. The third-order valence-electron chi connectivity index (χ3n) is 3.74. The van der Waals surface area contributed by atoms with Gasteiger partial charge in [-0.05, 0) is 26.8 Å². The predicted octanol–water partition coefficient (Wildman–Crippen LogP) is 1.01. The second kappa shape index (κ2) is 6.42. The van der Waals surface area contributed by atoms with E-state index in [0.717, 1.165) is 13.5 Å². The van der Waals surface area contributed by atoms with Crippen LogP contribution in [0.25, 0.3) is 0 Å². The Kier molecular flexibility index (Phi) is 5.46. The van der Waals surface area contributed by atoms with Gasteiger partial charge in [-0.2, -0.15) is 18.4 Å². The molecule has 0 aromatic carbocycles. The maximum Gasteiger partial charge on any atom is 0.401 e. The predicted molar refractivity (Wildman–Crippen MR) is 72.0 cm³/mol. The number of halogens is 3. The first-order chi connectivity index (χ1) is 9.90.